The maximum atomic E-state index is 13.0. The monoisotopic (exact) mass is 355 g/mol. The van der Waals surface area contributed by atoms with E-state index < -0.39 is 16.9 Å². The molecule has 0 radical (unpaired) electrons. The third kappa shape index (κ3) is 3.21. The highest BCUT2D eigenvalue weighted by Gasteiger charge is 2.35. The molecule has 134 valence electrons. The van der Waals surface area contributed by atoms with Gasteiger partial charge in [-0.25, -0.2) is 0 Å². The number of para-hydroxylation sites is 2. The molecule has 1 aliphatic heterocycles. The number of ether oxygens (including phenoxy) is 1. The molecule has 26 heavy (non-hydrogen) atoms. The van der Waals surface area contributed by atoms with Crippen LogP contribution in [-0.4, -0.2) is 48.4 Å². The topological polar surface area (TPSA) is 93.0 Å². The molecule has 8 nitrogen and oxygen atoms in total. The van der Waals surface area contributed by atoms with Crippen LogP contribution in [0.3, 0.4) is 0 Å². The van der Waals surface area contributed by atoms with Gasteiger partial charge in [0.1, 0.15) is 5.75 Å². The Hall–Kier alpha value is -3.42. The highest BCUT2D eigenvalue weighted by molar-refractivity contribution is 6.08. The standard InChI is InChI=1S/C18H17N3O5/c1-19(2)18(23)16-11-20(14-8-3-4-9-15(14)26-16)17(22)12-6-5-7-13(10-12)21(24)25/h3-10,16H,11H2,1-2H3/t16-/m1/s1. The predicted molar refractivity (Wildman–Crippen MR) is 94.3 cm³/mol. The number of carbonyl (C=O) groups excluding carboxylic acids is 2. The van der Waals surface area contributed by atoms with E-state index in [2.05, 4.69) is 0 Å². The fourth-order valence-corrected chi connectivity index (χ4v) is 2.75. The summed E-state index contributed by atoms with van der Waals surface area (Å²) < 4.78 is 5.74. The molecule has 0 bridgehead atoms. The first kappa shape index (κ1) is 17.4. The largest absolute Gasteiger partial charge is 0.476 e. The van der Waals surface area contributed by atoms with Crippen LogP contribution in [0.1, 0.15) is 10.4 Å². The Labute approximate surface area is 149 Å². The Kier molecular flexibility index (Phi) is 4.57. The summed E-state index contributed by atoms with van der Waals surface area (Å²) in [6.45, 7) is 0.0234. The van der Waals surface area contributed by atoms with Gasteiger partial charge in [0.15, 0.2) is 6.10 Å². The van der Waals surface area contributed by atoms with Crippen molar-refractivity contribution in [3.63, 3.8) is 0 Å². The summed E-state index contributed by atoms with van der Waals surface area (Å²) in [4.78, 5) is 38.6. The van der Waals surface area contributed by atoms with Gasteiger partial charge in [0.2, 0.25) is 0 Å². The van der Waals surface area contributed by atoms with Crippen LogP contribution < -0.4 is 9.64 Å². The Bertz CT molecular complexity index is 881. The molecule has 0 unspecified atom stereocenters. The Morgan fingerprint density at radius 1 is 1.19 bits per heavy atom. The van der Waals surface area contributed by atoms with Crippen LogP contribution in [0.5, 0.6) is 5.75 Å². The Morgan fingerprint density at radius 3 is 2.62 bits per heavy atom. The third-order valence-corrected chi connectivity index (χ3v) is 4.04. The Morgan fingerprint density at radius 2 is 1.92 bits per heavy atom. The lowest BCUT2D eigenvalue weighted by molar-refractivity contribution is -0.384. The smallest absolute Gasteiger partial charge is 0.270 e. The van der Waals surface area contributed by atoms with E-state index in [1.54, 1.807) is 38.4 Å². The van der Waals surface area contributed by atoms with Crippen molar-refractivity contribution in [3.8, 4) is 5.75 Å². The van der Waals surface area contributed by atoms with Gasteiger partial charge in [-0.1, -0.05) is 18.2 Å². The molecule has 2 aromatic carbocycles. The van der Waals surface area contributed by atoms with Crippen molar-refractivity contribution in [2.75, 3.05) is 25.5 Å². The predicted octanol–water partition coefficient (Wildman–Crippen LogP) is 2.09. The minimum atomic E-state index is -0.845. The quantitative estimate of drug-likeness (QED) is 0.621. The highest BCUT2D eigenvalue weighted by atomic mass is 16.6. The molecule has 0 N–H and O–H groups in total. The van der Waals surface area contributed by atoms with E-state index in [0.717, 1.165) is 0 Å². The molecule has 2 amide bonds. The number of fused-ring (bicyclic) bond motifs is 1. The fourth-order valence-electron chi connectivity index (χ4n) is 2.75. The van der Waals surface area contributed by atoms with E-state index in [1.807, 2.05) is 0 Å². The van der Waals surface area contributed by atoms with Crippen LogP contribution in [0.25, 0.3) is 0 Å². The van der Waals surface area contributed by atoms with Gasteiger partial charge in [0.25, 0.3) is 17.5 Å². The van der Waals surface area contributed by atoms with Crippen molar-refractivity contribution >= 4 is 23.2 Å². The molecule has 1 atom stereocenters. The van der Waals surface area contributed by atoms with Crippen LogP contribution in [0.2, 0.25) is 0 Å². The van der Waals surface area contributed by atoms with E-state index in [4.69, 9.17) is 4.74 Å². The lowest BCUT2D eigenvalue weighted by Gasteiger charge is -2.35. The summed E-state index contributed by atoms with van der Waals surface area (Å²) in [6, 6.07) is 12.4. The zero-order chi connectivity index (χ0) is 18.8. The minimum Gasteiger partial charge on any atom is -0.476 e. The van der Waals surface area contributed by atoms with Gasteiger partial charge >= 0.3 is 0 Å². The summed E-state index contributed by atoms with van der Waals surface area (Å²) in [5, 5.41) is 11.0. The Balaban J connectivity index is 1.99. The van der Waals surface area contributed by atoms with Gasteiger partial charge in [-0.2, -0.15) is 0 Å². The van der Waals surface area contributed by atoms with Crippen molar-refractivity contribution in [3.05, 3.63) is 64.2 Å². The lowest BCUT2D eigenvalue weighted by Crippen LogP contribution is -2.50. The number of nitro benzene ring substituents is 1. The summed E-state index contributed by atoms with van der Waals surface area (Å²) in [5.41, 5.74) is 0.525. The van der Waals surface area contributed by atoms with Crippen molar-refractivity contribution < 1.29 is 19.2 Å². The average molecular weight is 355 g/mol. The molecule has 0 fully saturated rings. The van der Waals surface area contributed by atoms with E-state index >= 15 is 0 Å². The SMILES string of the molecule is CN(C)C(=O)[C@H]1CN(C(=O)c2cccc([N+](=O)[O-])c2)c2ccccc2O1. The van der Waals surface area contributed by atoms with Crippen LogP contribution in [0.4, 0.5) is 11.4 Å². The molecule has 1 aliphatic rings. The van der Waals surface area contributed by atoms with E-state index in [0.29, 0.717) is 11.4 Å². The first-order chi connectivity index (χ1) is 12.4. The minimum absolute atomic E-state index is 0.0234. The van der Waals surface area contributed by atoms with Gasteiger partial charge in [-0.05, 0) is 18.2 Å². The van der Waals surface area contributed by atoms with Gasteiger partial charge in [0.05, 0.1) is 17.2 Å². The molecule has 0 saturated carbocycles. The van der Waals surface area contributed by atoms with Crippen molar-refractivity contribution in [2.45, 2.75) is 6.10 Å². The summed E-state index contributed by atoms with van der Waals surface area (Å²) in [5.74, 6) is -0.282. The zero-order valence-corrected chi connectivity index (χ0v) is 14.3. The third-order valence-electron chi connectivity index (χ3n) is 4.04. The normalized spacial score (nSPS) is 15.6. The van der Waals surface area contributed by atoms with Crippen LogP contribution in [-0.2, 0) is 4.79 Å². The van der Waals surface area contributed by atoms with Crippen LogP contribution in [0.15, 0.2) is 48.5 Å². The number of hydrogen-bond acceptors (Lipinski definition) is 5. The first-order valence-corrected chi connectivity index (χ1v) is 7.91. The number of nitro groups is 1. The summed E-state index contributed by atoms with van der Waals surface area (Å²) in [6.07, 6.45) is -0.845. The number of non-ortho nitro benzene ring substituents is 1. The zero-order valence-electron chi connectivity index (χ0n) is 14.3. The number of benzene rings is 2. The molecular weight excluding hydrogens is 338 g/mol. The van der Waals surface area contributed by atoms with Crippen molar-refractivity contribution in [2.24, 2.45) is 0 Å². The highest BCUT2D eigenvalue weighted by Crippen LogP contribution is 2.34. The van der Waals surface area contributed by atoms with Gasteiger partial charge in [-0.15, -0.1) is 0 Å². The molecule has 1 heterocycles. The molecule has 3 rings (SSSR count). The summed E-state index contributed by atoms with van der Waals surface area (Å²) in [7, 11) is 3.22. The lowest BCUT2D eigenvalue weighted by atomic mass is 10.1. The molecule has 0 saturated heterocycles. The molecule has 0 aliphatic carbocycles. The number of hydrogen-bond donors (Lipinski definition) is 0. The maximum Gasteiger partial charge on any atom is 0.270 e. The van der Waals surface area contributed by atoms with Gasteiger partial charge in [0, 0.05) is 31.8 Å². The maximum absolute atomic E-state index is 13.0. The second kappa shape index (κ2) is 6.83. The average Bonchev–Trinajstić information content (AvgIpc) is 2.65. The van der Waals surface area contributed by atoms with Crippen LogP contribution in [0, 0.1) is 10.1 Å². The molecule has 0 aromatic heterocycles. The summed E-state index contributed by atoms with van der Waals surface area (Å²) >= 11 is 0. The van der Waals surface area contributed by atoms with Gasteiger partial charge in [-0.3, -0.25) is 19.7 Å². The molecule has 0 spiro atoms. The second-order valence-electron chi connectivity index (χ2n) is 6.03. The molecule has 8 heteroatoms. The fraction of sp³-hybridized carbons (Fsp3) is 0.222. The second-order valence-corrected chi connectivity index (χ2v) is 6.03. The first-order valence-electron chi connectivity index (χ1n) is 7.91. The number of anilines is 1. The number of nitrogens with zero attached hydrogens (tertiary/aromatic N) is 3. The number of likely N-dealkylation sites (N-methyl/N-ethyl adjacent to an activating group) is 1. The molecular formula is C18H17N3O5. The van der Waals surface area contributed by atoms with E-state index in [1.165, 1.54) is 34.1 Å². The van der Waals surface area contributed by atoms with Gasteiger partial charge < -0.3 is 14.5 Å². The van der Waals surface area contributed by atoms with Crippen molar-refractivity contribution in [1.29, 1.82) is 0 Å². The van der Waals surface area contributed by atoms with E-state index in [9.17, 15) is 19.7 Å². The van der Waals surface area contributed by atoms with Crippen molar-refractivity contribution in [1.82, 2.24) is 4.90 Å². The number of rotatable bonds is 3. The molecule has 2 aromatic rings. The van der Waals surface area contributed by atoms with Crippen LogP contribution >= 0.6 is 0 Å². The van der Waals surface area contributed by atoms with E-state index in [-0.39, 0.29) is 23.7 Å². The number of amides is 2. The number of carbonyl (C=O) groups is 2.